The number of carbonyl (C=O) groups is 1. The number of nitrogens with one attached hydrogen (secondary N) is 1. The minimum atomic E-state index is -3.80. The van der Waals surface area contributed by atoms with Crippen molar-refractivity contribution >= 4 is 38.1 Å². The van der Waals surface area contributed by atoms with Gasteiger partial charge in [0.1, 0.15) is 11.5 Å². The maximum Gasteiger partial charge on any atom is 0.264 e. The number of carbonyl (C=O) groups excluding carboxylic acids is 1. The number of nitrogens with zero attached hydrogens (tertiary/aromatic N) is 2. The maximum absolute atomic E-state index is 12.8. The molecular weight excluding hydrogens is 426 g/mol. The maximum atomic E-state index is 12.8. The van der Waals surface area contributed by atoms with E-state index in [0.29, 0.717) is 28.4 Å². The van der Waals surface area contributed by atoms with E-state index in [1.54, 1.807) is 43.6 Å². The van der Waals surface area contributed by atoms with Crippen LogP contribution in [0.3, 0.4) is 0 Å². The monoisotopic (exact) mass is 445 g/mol. The van der Waals surface area contributed by atoms with Crippen LogP contribution in [0.4, 0.5) is 10.8 Å². The number of amides is 1. The quantitative estimate of drug-likeness (QED) is 0.647. The molecule has 8 nitrogen and oxygen atoms in total. The molecule has 1 aromatic heterocycles. The van der Waals surface area contributed by atoms with Gasteiger partial charge in [-0.1, -0.05) is 0 Å². The van der Waals surface area contributed by atoms with Gasteiger partial charge in [0.25, 0.3) is 15.9 Å². The summed E-state index contributed by atoms with van der Waals surface area (Å²) in [7, 11) is -0.586. The fourth-order valence-corrected chi connectivity index (χ4v) is 5.31. The van der Waals surface area contributed by atoms with Crippen LogP contribution in [0.15, 0.2) is 46.7 Å². The van der Waals surface area contributed by atoms with Gasteiger partial charge in [-0.15, -0.1) is 11.3 Å². The lowest BCUT2D eigenvalue weighted by Gasteiger charge is -2.26. The number of ether oxygens (including phenoxy) is 2. The van der Waals surface area contributed by atoms with Crippen LogP contribution in [0, 0.1) is 6.92 Å². The van der Waals surface area contributed by atoms with Crippen LogP contribution >= 0.6 is 11.3 Å². The molecule has 0 bridgehead atoms. The van der Waals surface area contributed by atoms with E-state index in [-0.39, 0.29) is 22.5 Å². The first-order valence-electron chi connectivity index (χ1n) is 8.95. The number of benzene rings is 2. The zero-order valence-corrected chi connectivity index (χ0v) is 18.1. The van der Waals surface area contributed by atoms with Crippen LogP contribution in [0.1, 0.15) is 5.56 Å². The number of thiazole rings is 1. The SMILES string of the molecule is COc1ccc(S(=O)(=O)Nc2nc(-c3ccc4c(c3)N(C)C(=O)CO4)cs2)c(C)c1. The number of likely N-dealkylation sites (N-methyl/N-ethyl adjacent to an activating group) is 1. The van der Waals surface area contributed by atoms with Crippen LogP contribution < -0.4 is 19.1 Å². The Morgan fingerprint density at radius 2 is 2.03 bits per heavy atom. The first kappa shape index (κ1) is 20.2. The molecule has 1 aliphatic heterocycles. The molecule has 2 heterocycles. The molecule has 1 amide bonds. The minimum absolute atomic E-state index is 0.0102. The number of anilines is 2. The van der Waals surface area contributed by atoms with Crippen molar-refractivity contribution in [3.8, 4) is 22.8 Å². The van der Waals surface area contributed by atoms with Crippen molar-refractivity contribution in [3.05, 3.63) is 47.3 Å². The van der Waals surface area contributed by atoms with Gasteiger partial charge in [-0.2, -0.15) is 0 Å². The number of hydrogen-bond donors (Lipinski definition) is 1. The van der Waals surface area contributed by atoms with Crippen LogP contribution in [-0.2, 0) is 14.8 Å². The largest absolute Gasteiger partial charge is 0.497 e. The van der Waals surface area contributed by atoms with Gasteiger partial charge in [0, 0.05) is 18.0 Å². The van der Waals surface area contributed by atoms with Gasteiger partial charge in [0.15, 0.2) is 11.7 Å². The number of aryl methyl sites for hydroxylation is 1. The van der Waals surface area contributed by atoms with Crippen molar-refractivity contribution in [1.29, 1.82) is 0 Å². The van der Waals surface area contributed by atoms with Crippen molar-refractivity contribution in [2.24, 2.45) is 0 Å². The molecule has 2 aromatic carbocycles. The van der Waals surface area contributed by atoms with Gasteiger partial charge in [-0.25, -0.2) is 13.4 Å². The highest BCUT2D eigenvalue weighted by molar-refractivity contribution is 7.93. The predicted octanol–water partition coefficient (Wildman–Crippen LogP) is 3.28. The molecule has 0 unspecified atom stereocenters. The van der Waals surface area contributed by atoms with E-state index in [2.05, 4.69) is 9.71 Å². The van der Waals surface area contributed by atoms with Crippen molar-refractivity contribution in [3.63, 3.8) is 0 Å². The summed E-state index contributed by atoms with van der Waals surface area (Å²) >= 11 is 1.18. The van der Waals surface area contributed by atoms with Gasteiger partial charge in [0.05, 0.1) is 23.4 Å². The third-order valence-electron chi connectivity index (χ3n) is 4.74. The smallest absolute Gasteiger partial charge is 0.264 e. The summed E-state index contributed by atoms with van der Waals surface area (Å²) in [5, 5.41) is 2.00. The minimum Gasteiger partial charge on any atom is -0.497 e. The van der Waals surface area contributed by atoms with Gasteiger partial charge < -0.3 is 14.4 Å². The van der Waals surface area contributed by atoms with Crippen LogP contribution in [0.25, 0.3) is 11.3 Å². The number of rotatable bonds is 5. The Morgan fingerprint density at radius 3 is 2.77 bits per heavy atom. The lowest BCUT2D eigenvalue weighted by atomic mass is 10.1. The van der Waals surface area contributed by atoms with Crippen molar-refractivity contribution in [1.82, 2.24) is 4.98 Å². The van der Waals surface area contributed by atoms with E-state index < -0.39 is 10.0 Å². The first-order chi connectivity index (χ1) is 14.3. The zero-order chi connectivity index (χ0) is 21.5. The summed E-state index contributed by atoms with van der Waals surface area (Å²) in [6.45, 7) is 1.72. The molecule has 1 aliphatic rings. The molecule has 156 valence electrons. The number of hydrogen-bond acceptors (Lipinski definition) is 7. The second-order valence-corrected chi connectivity index (χ2v) is 9.21. The molecule has 0 saturated carbocycles. The van der Waals surface area contributed by atoms with Gasteiger partial charge >= 0.3 is 0 Å². The Kier molecular flexibility index (Phi) is 5.12. The van der Waals surface area contributed by atoms with E-state index in [1.807, 2.05) is 6.07 Å². The second-order valence-electron chi connectivity index (χ2n) is 6.70. The summed E-state index contributed by atoms with van der Waals surface area (Å²) in [6.07, 6.45) is 0. The van der Waals surface area contributed by atoms with E-state index >= 15 is 0 Å². The molecule has 0 radical (unpaired) electrons. The lowest BCUT2D eigenvalue weighted by molar-refractivity contribution is -0.120. The number of sulfonamides is 1. The van der Waals surface area contributed by atoms with Crippen LogP contribution in [0.2, 0.25) is 0 Å². The Bertz CT molecular complexity index is 1240. The fraction of sp³-hybridized carbons (Fsp3) is 0.200. The number of aromatic nitrogens is 1. The highest BCUT2D eigenvalue weighted by Gasteiger charge is 2.23. The molecular formula is C20H19N3O5S2. The highest BCUT2D eigenvalue weighted by Crippen LogP contribution is 2.36. The van der Waals surface area contributed by atoms with Crippen molar-refractivity contribution in [2.45, 2.75) is 11.8 Å². The predicted molar refractivity (Wildman–Crippen MR) is 115 cm³/mol. The molecule has 10 heteroatoms. The number of fused-ring (bicyclic) bond motifs is 1. The van der Waals surface area contributed by atoms with Crippen molar-refractivity contribution in [2.75, 3.05) is 30.4 Å². The topological polar surface area (TPSA) is 97.8 Å². The van der Waals surface area contributed by atoms with Gasteiger partial charge in [-0.05, 0) is 48.9 Å². The second kappa shape index (κ2) is 7.62. The highest BCUT2D eigenvalue weighted by atomic mass is 32.2. The molecule has 30 heavy (non-hydrogen) atoms. The average Bonchev–Trinajstić information content (AvgIpc) is 3.18. The third-order valence-corrected chi connectivity index (χ3v) is 7.12. The fourth-order valence-electron chi connectivity index (χ4n) is 3.11. The van der Waals surface area contributed by atoms with E-state index in [4.69, 9.17) is 9.47 Å². The number of methoxy groups -OCH3 is 1. The summed E-state index contributed by atoms with van der Waals surface area (Å²) < 4.78 is 38.7. The molecule has 0 spiro atoms. The van der Waals surface area contributed by atoms with Crippen LogP contribution in [-0.4, -0.2) is 40.1 Å². The molecule has 0 aliphatic carbocycles. The van der Waals surface area contributed by atoms with E-state index in [0.717, 1.165) is 5.56 Å². The summed E-state index contributed by atoms with van der Waals surface area (Å²) in [5.41, 5.74) is 2.56. The van der Waals surface area contributed by atoms with Gasteiger partial charge in [0.2, 0.25) is 0 Å². The molecule has 4 rings (SSSR count). The Labute approximate surface area is 178 Å². The standard InChI is InChI=1S/C20H19N3O5S2/c1-12-8-14(27-3)5-7-18(12)30(25,26)22-20-21-15(11-29-20)13-4-6-17-16(9-13)23(2)19(24)10-28-17/h4-9,11H,10H2,1-3H3,(H,21,22). The molecule has 0 atom stereocenters. The summed E-state index contributed by atoms with van der Waals surface area (Å²) in [5.74, 6) is 1.07. The zero-order valence-electron chi connectivity index (χ0n) is 16.5. The average molecular weight is 446 g/mol. The third kappa shape index (κ3) is 3.71. The summed E-state index contributed by atoms with van der Waals surface area (Å²) in [6, 6.07) is 10.2. The molecule has 3 aromatic rings. The first-order valence-corrected chi connectivity index (χ1v) is 11.3. The normalized spacial score (nSPS) is 13.6. The molecule has 1 N–H and O–H groups in total. The lowest BCUT2D eigenvalue weighted by Crippen LogP contribution is -2.35. The Hall–Kier alpha value is -3.11. The molecule has 0 saturated heterocycles. The Balaban J connectivity index is 1.60. The van der Waals surface area contributed by atoms with E-state index in [1.165, 1.54) is 29.4 Å². The van der Waals surface area contributed by atoms with Gasteiger partial charge in [-0.3, -0.25) is 9.52 Å². The van der Waals surface area contributed by atoms with E-state index in [9.17, 15) is 13.2 Å². The van der Waals surface area contributed by atoms with Crippen LogP contribution in [0.5, 0.6) is 11.5 Å². The van der Waals surface area contributed by atoms with Crippen molar-refractivity contribution < 1.29 is 22.7 Å². The summed E-state index contributed by atoms with van der Waals surface area (Å²) in [4.78, 5) is 18.0. The molecule has 0 fully saturated rings. The Morgan fingerprint density at radius 1 is 1.23 bits per heavy atom.